The summed E-state index contributed by atoms with van der Waals surface area (Å²) in [6, 6.07) is 8.79. The van der Waals surface area contributed by atoms with Crippen LogP contribution < -0.4 is 4.72 Å². The summed E-state index contributed by atoms with van der Waals surface area (Å²) in [4.78, 5) is 26.3. The van der Waals surface area contributed by atoms with Crippen LogP contribution in [0.3, 0.4) is 0 Å². The van der Waals surface area contributed by atoms with Gasteiger partial charge < -0.3 is 4.57 Å². The minimum Gasteiger partial charge on any atom is -0.331 e. The van der Waals surface area contributed by atoms with Crippen molar-refractivity contribution in [2.45, 2.75) is 31.7 Å². The molecule has 0 aliphatic heterocycles. The lowest BCUT2D eigenvalue weighted by Gasteiger charge is -2.14. The smallest absolute Gasteiger partial charge is 0.282 e. The molecule has 9 heteroatoms. The minimum atomic E-state index is -3.94. The molecule has 0 radical (unpaired) electrons. The number of allylic oxidation sites excluding steroid dienone is 4. The standard InChI is InChI=1S/C26H22F2N2O4S/c1-35(33,34)29-26(32)25-24(19-4-2-3-5-23(19)31)20-12-16(15-6-7-15)9-11-22(20)30(25)14-17-8-10-18(27)13-21(17)28/h2-4,8-13,15H,5-7,14H2,1H3,(H,29,32). The van der Waals surface area contributed by atoms with Gasteiger partial charge in [-0.2, -0.15) is 0 Å². The van der Waals surface area contributed by atoms with Crippen molar-refractivity contribution >= 4 is 38.2 Å². The molecular formula is C26H22F2N2O4S. The summed E-state index contributed by atoms with van der Waals surface area (Å²) in [6.07, 6.45) is 8.08. The number of halogens is 2. The number of benzene rings is 2. The molecule has 2 aromatic carbocycles. The van der Waals surface area contributed by atoms with Crippen LogP contribution in [0.2, 0.25) is 0 Å². The molecule has 35 heavy (non-hydrogen) atoms. The monoisotopic (exact) mass is 496 g/mol. The molecule has 0 spiro atoms. The molecule has 1 saturated carbocycles. The van der Waals surface area contributed by atoms with Gasteiger partial charge in [-0.25, -0.2) is 21.9 Å². The SMILES string of the molecule is CS(=O)(=O)NC(=O)c1c(C2=CC=CCC2=O)c2cc(C3CC3)ccc2n1Cc1ccc(F)cc1F. The second-order valence-electron chi connectivity index (χ2n) is 8.94. The van der Waals surface area contributed by atoms with E-state index in [1.165, 1.54) is 10.6 Å². The minimum absolute atomic E-state index is 0.0722. The molecule has 1 amide bonds. The average molecular weight is 497 g/mol. The van der Waals surface area contributed by atoms with Crippen LogP contribution in [0.5, 0.6) is 0 Å². The van der Waals surface area contributed by atoms with Crippen LogP contribution in [0.15, 0.2) is 54.6 Å². The number of nitrogens with one attached hydrogen (secondary N) is 1. The first-order valence-electron chi connectivity index (χ1n) is 11.1. The van der Waals surface area contributed by atoms with Crippen LogP contribution >= 0.6 is 0 Å². The van der Waals surface area contributed by atoms with Gasteiger partial charge in [0, 0.05) is 40.1 Å². The topological polar surface area (TPSA) is 85.2 Å². The predicted molar refractivity (Wildman–Crippen MR) is 128 cm³/mol. The predicted octanol–water partition coefficient (Wildman–Crippen LogP) is 4.45. The van der Waals surface area contributed by atoms with Crippen LogP contribution in [-0.2, 0) is 21.4 Å². The Morgan fingerprint density at radius 3 is 2.57 bits per heavy atom. The number of aromatic nitrogens is 1. The van der Waals surface area contributed by atoms with Crippen molar-refractivity contribution in [1.29, 1.82) is 0 Å². The highest BCUT2D eigenvalue weighted by Gasteiger charge is 2.31. The van der Waals surface area contributed by atoms with Crippen molar-refractivity contribution in [2.75, 3.05) is 6.26 Å². The van der Waals surface area contributed by atoms with Gasteiger partial charge in [0.15, 0.2) is 5.78 Å². The lowest BCUT2D eigenvalue weighted by molar-refractivity contribution is -0.113. The summed E-state index contributed by atoms with van der Waals surface area (Å²) < 4.78 is 55.5. The maximum atomic E-state index is 14.6. The molecule has 0 saturated heterocycles. The lowest BCUT2D eigenvalue weighted by Crippen LogP contribution is -2.32. The number of carbonyl (C=O) groups is 2. The van der Waals surface area contributed by atoms with E-state index in [2.05, 4.69) is 0 Å². The number of nitrogens with zero attached hydrogens (tertiary/aromatic N) is 1. The molecule has 0 bridgehead atoms. The zero-order valence-corrected chi connectivity index (χ0v) is 19.7. The van der Waals surface area contributed by atoms with Crippen molar-refractivity contribution in [3.8, 4) is 0 Å². The Morgan fingerprint density at radius 1 is 1.14 bits per heavy atom. The molecule has 180 valence electrons. The number of carbonyl (C=O) groups excluding carboxylic acids is 2. The van der Waals surface area contributed by atoms with Crippen LogP contribution in [0, 0.1) is 11.6 Å². The molecular weight excluding hydrogens is 474 g/mol. The summed E-state index contributed by atoms with van der Waals surface area (Å²) in [7, 11) is -3.94. The first-order valence-corrected chi connectivity index (χ1v) is 13.0. The third-order valence-electron chi connectivity index (χ3n) is 6.24. The van der Waals surface area contributed by atoms with Crippen LogP contribution in [0.25, 0.3) is 16.5 Å². The van der Waals surface area contributed by atoms with E-state index in [4.69, 9.17) is 0 Å². The fourth-order valence-corrected chi connectivity index (χ4v) is 4.95. The summed E-state index contributed by atoms with van der Waals surface area (Å²) in [6.45, 7) is -0.171. The summed E-state index contributed by atoms with van der Waals surface area (Å²) in [5.74, 6) is -2.30. The molecule has 6 nitrogen and oxygen atoms in total. The molecule has 0 unspecified atom stereocenters. The quantitative estimate of drug-likeness (QED) is 0.547. The molecule has 1 heterocycles. The lowest BCUT2D eigenvalue weighted by atomic mass is 9.92. The number of sulfonamides is 1. The normalized spacial score (nSPS) is 16.0. The molecule has 5 rings (SSSR count). The Bertz CT molecular complexity index is 1560. The first-order chi connectivity index (χ1) is 16.6. The zero-order chi connectivity index (χ0) is 24.9. The van der Waals surface area contributed by atoms with Crippen LogP contribution in [0.4, 0.5) is 8.78 Å². The fraction of sp³-hybridized carbons (Fsp3) is 0.231. The van der Waals surface area contributed by atoms with E-state index in [1.54, 1.807) is 24.3 Å². The average Bonchev–Trinajstić information content (AvgIpc) is 3.58. The first kappa shape index (κ1) is 23.2. The highest BCUT2D eigenvalue weighted by atomic mass is 32.2. The van der Waals surface area contributed by atoms with E-state index in [0.717, 1.165) is 36.8 Å². The van der Waals surface area contributed by atoms with Gasteiger partial charge >= 0.3 is 0 Å². The van der Waals surface area contributed by atoms with E-state index >= 15 is 0 Å². The number of Topliss-reactive ketones (excluding diaryl/α,β-unsaturated/α-hetero) is 1. The summed E-state index contributed by atoms with van der Waals surface area (Å²) >= 11 is 0. The number of hydrogen-bond acceptors (Lipinski definition) is 4. The van der Waals surface area contributed by atoms with Crippen LogP contribution in [-0.4, -0.2) is 30.9 Å². The number of hydrogen-bond donors (Lipinski definition) is 1. The third-order valence-corrected chi connectivity index (χ3v) is 6.80. The van der Waals surface area contributed by atoms with E-state index in [1.807, 2.05) is 16.9 Å². The zero-order valence-electron chi connectivity index (χ0n) is 18.8. The second-order valence-corrected chi connectivity index (χ2v) is 10.7. The maximum Gasteiger partial charge on any atom is 0.282 e. The van der Waals surface area contributed by atoms with Gasteiger partial charge in [0.05, 0.1) is 12.8 Å². The van der Waals surface area contributed by atoms with Gasteiger partial charge in [0.2, 0.25) is 10.0 Å². The molecule has 2 aliphatic rings. The van der Waals surface area contributed by atoms with Crippen molar-refractivity contribution in [1.82, 2.24) is 9.29 Å². The fourth-order valence-electron chi connectivity index (χ4n) is 4.52. The third kappa shape index (κ3) is 4.55. The summed E-state index contributed by atoms with van der Waals surface area (Å²) in [5.41, 5.74) is 2.21. The number of ketones is 1. The second kappa shape index (κ2) is 8.57. The number of fused-ring (bicyclic) bond motifs is 1. The maximum absolute atomic E-state index is 14.6. The van der Waals surface area contributed by atoms with Gasteiger partial charge in [-0.05, 0) is 42.5 Å². The Balaban J connectivity index is 1.81. The Kier molecular flexibility index (Phi) is 5.67. The highest BCUT2D eigenvalue weighted by molar-refractivity contribution is 7.89. The van der Waals surface area contributed by atoms with Gasteiger partial charge in [0.1, 0.15) is 17.3 Å². The van der Waals surface area contributed by atoms with Gasteiger partial charge in [-0.1, -0.05) is 30.4 Å². The van der Waals surface area contributed by atoms with Crippen molar-refractivity contribution in [2.24, 2.45) is 0 Å². The molecule has 1 fully saturated rings. The van der Waals surface area contributed by atoms with Gasteiger partial charge in [-0.3, -0.25) is 9.59 Å². The molecule has 1 aromatic heterocycles. The van der Waals surface area contributed by atoms with Crippen molar-refractivity contribution in [3.05, 3.63) is 88.6 Å². The van der Waals surface area contributed by atoms with E-state index in [0.29, 0.717) is 22.4 Å². The van der Waals surface area contributed by atoms with Crippen molar-refractivity contribution in [3.63, 3.8) is 0 Å². The highest BCUT2D eigenvalue weighted by Crippen LogP contribution is 2.43. The number of amides is 1. The molecule has 1 N–H and O–H groups in total. The Morgan fingerprint density at radius 2 is 1.91 bits per heavy atom. The number of rotatable bonds is 6. The van der Waals surface area contributed by atoms with Gasteiger partial charge in [0.25, 0.3) is 5.91 Å². The van der Waals surface area contributed by atoms with E-state index < -0.39 is 27.6 Å². The van der Waals surface area contributed by atoms with Crippen LogP contribution in [0.1, 0.15) is 52.4 Å². The Labute approximate surface area is 201 Å². The molecule has 2 aliphatic carbocycles. The summed E-state index contributed by atoms with van der Waals surface area (Å²) in [5, 5.41) is 0.602. The van der Waals surface area contributed by atoms with Crippen molar-refractivity contribution < 1.29 is 26.8 Å². The van der Waals surface area contributed by atoms with E-state index in [-0.39, 0.29) is 35.6 Å². The largest absolute Gasteiger partial charge is 0.331 e. The molecule has 3 aromatic rings. The van der Waals surface area contributed by atoms with E-state index in [9.17, 15) is 26.8 Å². The Hall–Kier alpha value is -3.59. The van der Waals surface area contributed by atoms with Gasteiger partial charge in [-0.15, -0.1) is 0 Å². The molecule has 0 atom stereocenters.